The van der Waals surface area contributed by atoms with E-state index in [1.54, 1.807) is 24.4 Å². The number of hydrogen-bond acceptors (Lipinski definition) is 2. The molecular formula is C9H10ClNO. The topological polar surface area (TPSA) is 33.1 Å². The molecule has 64 valence electrons. The highest BCUT2D eigenvalue weighted by Gasteiger charge is 2.09. The van der Waals surface area contributed by atoms with Crippen molar-refractivity contribution in [2.75, 3.05) is 0 Å². The smallest absolute Gasteiger partial charge is 0.101 e. The lowest BCUT2D eigenvalue weighted by molar-refractivity contribution is 0.177. The van der Waals surface area contributed by atoms with Crippen molar-refractivity contribution in [3.63, 3.8) is 0 Å². The largest absolute Gasteiger partial charge is 0.386 e. The molecule has 1 heterocycles. The molecule has 1 atom stereocenters. The number of pyridine rings is 1. The minimum atomic E-state index is -0.642. The highest BCUT2D eigenvalue weighted by atomic mass is 35.5. The monoisotopic (exact) mass is 183 g/mol. The zero-order chi connectivity index (χ0) is 8.97. The molecule has 0 aliphatic rings. The van der Waals surface area contributed by atoms with E-state index >= 15 is 0 Å². The van der Waals surface area contributed by atoms with Gasteiger partial charge in [0.2, 0.25) is 0 Å². The second-order valence-corrected chi connectivity index (χ2v) is 2.82. The van der Waals surface area contributed by atoms with Gasteiger partial charge in [-0.25, -0.2) is 0 Å². The third-order valence-electron chi connectivity index (χ3n) is 1.49. The molecule has 12 heavy (non-hydrogen) atoms. The van der Waals surface area contributed by atoms with E-state index in [1.807, 2.05) is 0 Å². The number of halogens is 1. The van der Waals surface area contributed by atoms with Crippen LogP contribution in [0.25, 0.3) is 0 Å². The summed E-state index contributed by atoms with van der Waals surface area (Å²) in [6.45, 7) is 3.52. The molecular weight excluding hydrogens is 174 g/mol. The SMILES string of the molecule is C=CCC(O)c1ncccc1Cl. The molecule has 1 unspecified atom stereocenters. The van der Waals surface area contributed by atoms with E-state index in [9.17, 15) is 5.11 Å². The Bertz CT molecular complexity index is 275. The second-order valence-electron chi connectivity index (χ2n) is 2.41. The predicted molar refractivity (Wildman–Crippen MR) is 49.0 cm³/mol. The van der Waals surface area contributed by atoms with Crippen LogP contribution in [-0.4, -0.2) is 10.1 Å². The molecule has 0 radical (unpaired) electrons. The van der Waals surface area contributed by atoms with Gasteiger partial charge in [-0.2, -0.15) is 0 Å². The van der Waals surface area contributed by atoms with Crippen molar-refractivity contribution in [2.24, 2.45) is 0 Å². The molecule has 0 amide bonds. The molecule has 0 saturated heterocycles. The van der Waals surface area contributed by atoms with E-state index in [4.69, 9.17) is 11.6 Å². The minimum Gasteiger partial charge on any atom is -0.386 e. The summed E-state index contributed by atoms with van der Waals surface area (Å²) in [5, 5.41) is 9.98. The molecule has 0 aliphatic heterocycles. The van der Waals surface area contributed by atoms with Crippen molar-refractivity contribution < 1.29 is 5.11 Å². The second kappa shape index (κ2) is 4.24. The highest BCUT2D eigenvalue weighted by molar-refractivity contribution is 6.31. The first-order valence-electron chi connectivity index (χ1n) is 3.65. The van der Waals surface area contributed by atoms with Crippen molar-refractivity contribution >= 4 is 11.6 Å². The number of aliphatic hydroxyl groups excluding tert-OH is 1. The Morgan fingerprint density at radius 3 is 3.08 bits per heavy atom. The van der Waals surface area contributed by atoms with Gasteiger partial charge in [0.1, 0.15) is 6.10 Å². The average molecular weight is 184 g/mol. The zero-order valence-electron chi connectivity index (χ0n) is 6.57. The normalized spacial score (nSPS) is 12.5. The summed E-state index contributed by atoms with van der Waals surface area (Å²) in [6.07, 6.45) is 3.07. The van der Waals surface area contributed by atoms with Crippen LogP contribution in [0.2, 0.25) is 5.02 Å². The number of nitrogens with zero attached hydrogens (tertiary/aromatic N) is 1. The van der Waals surface area contributed by atoms with Crippen molar-refractivity contribution in [1.82, 2.24) is 4.98 Å². The van der Waals surface area contributed by atoms with Crippen LogP contribution in [0, 0.1) is 0 Å². The van der Waals surface area contributed by atoms with Crippen molar-refractivity contribution in [1.29, 1.82) is 0 Å². The van der Waals surface area contributed by atoms with Gasteiger partial charge >= 0.3 is 0 Å². The Labute approximate surface area is 76.5 Å². The van der Waals surface area contributed by atoms with Crippen LogP contribution < -0.4 is 0 Å². The summed E-state index contributed by atoms with van der Waals surface area (Å²) in [7, 11) is 0. The van der Waals surface area contributed by atoms with Crippen LogP contribution in [0.5, 0.6) is 0 Å². The Morgan fingerprint density at radius 1 is 1.75 bits per heavy atom. The van der Waals surface area contributed by atoms with E-state index in [1.165, 1.54) is 0 Å². The van der Waals surface area contributed by atoms with Gasteiger partial charge in [-0.15, -0.1) is 6.58 Å². The maximum absolute atomic E-state index is 9.48. The first-order chi connectivity index (χ1) is 5.75. The molecule has 0 aliphatic carbocycles. The van der Waals surface area contributed by atoms with Gasteiger partial charge in [0.25, 0.3) is 0 Å². The Balaban J connectivity index is 2.86. The van der Waals surface area contributed by atoms with Crippen LogP contribution in [0.1, 0.15) is 18.2 Å². The molecule has 0 fully saturated rings. The molecule has 1 aromatic heterocycles. The summed E-state index contributed by atoms with van der Waals surface area (Å²) in [4.78, 5) is 3.97. The van der Waals surface area contributed by atoms with Gasteiger partial charge in [-0.3, -0.25) is 4.98 Å². The highest BCUT2D eigenvalue weighted by Crippen LogP contribution is 2.22. The summed E-state index contributed by atoms with van der Waals surface area (Å²) < 4.78 is 0. The number of hydrogen-bond donors (Lipinski definition) is 1. The summed E-state index contributed by atoms with van der Waals surface area (Å²) >= 11 is 5.80. The standard InChI is InChI=1S/C9H10ClNO/c1-2-4-8(12)9-7(10)5-3-6-11-9/h2-3,5-6,8,12H,1,4H2. The van der Waals surface area contributed by atoms with Crippen LogP contribution in [0.4, 0.5) is 0 Å². The van der Waals surface area contributed by atoms with Gasteiger partial charge in [-0.05, 0) is 18.6 Å². The quantitative estimate of drug-likeness (QED) is 0.730. The third kappa shape index (κ3) is 2.06. The molecule has 0 aromatic carbocycles. The Morgan fingerprint density at radius 2 is 2.50 bits per heavy atom. The fourth-order valence-electron chi connectivity index (χ4n) is 0.913. The first-order valence-corrected chi connectivity index (χ1v) is 4.03. The lowest BCUT2D eigenvalue weighted by Crippen LogP contribution is -1.99. The number of rotatable bonds is 3. The average Bonchev–Trinajstić information content (AvgIpc) is 2.05. The minimum absolute atomic E-state index is 0.469. The predicted octanol–water partition coefficient (Wildman–Crippen LogP) is 2.34. The summed E-state index contributed by atoms with van der Waals surface area (Å²) in [5.74, 6) is 0. The van der Waals surface area contributed by atoms with Gasteiger partial charge in [-0.1, -0.05) is 17.7 Å². The Hall–Kier alpha value is -0.860. The lowest BCUT2D eigenvalue weighted by atomic mass is 10.2. The van der Waals surface area contributed by atoms with Crippen molar-refractivity contribution in [2.45, 2.75) is 12.5 Å². The molecule has 1 rings (SSSR count). The number of aliphatic hydroxyl groups is 1. The van der Waals surface area contributed by atoms with Crippen molar-refractivity contribution in [3.8, 4) is 0 Å². The first kappa shape index (κ1) is 9.23. The summed E-state index contributed by atoms with van der Waals surface area (Å²) in [5.41, 5.74) is 0.513. The lowest BCUT2D eigenvalue weighted by Gasteiger charge is -2.07. The van der Waals surface area contributed by atoms with Crippen LogP contribution in [0.3, 0.4) is 0 Å². The van der Waals surface area contributed by atoms with Gasteiger partial charge in [0.15, 0.2) is 0 Å². The van der Waals surface area contributed by atoms with Gasteiger partial charge in [0, 0.05) is 6.20 Å². The van der Waals surface area contributed by atoms with Gasteiger partial charge in [0.05, 0.1) is 10.7 Å². The molecule has 2 nitrogen and oxygen atoms in total. The Kier molecular flexibility index (Phi) is 3.26. The van der Waals surface area contributed by atoms with Gasteiger partial charge < -0.3 is 5.11 Å². The molecule has 0 saturated carbocycles. The maximum Gasteiger partial charge on any atom is 0.101 e. The van der Waals surface area contributed by atoms with Crippen LogP contribution in [0.15, 0.2) is 31.0 Å². The van der Waals surface area contributed by atoms with E-state index in [2.05, 4.69) is 11.6 Å². The fourth-order valence-corrected chi connectivity index (χ4v) is 1.16. The molecule has 1 aromatic rings. The maximum atomic E-state index is 9.48. The zero-order valence-corrected chi connectivity index (χ0v) is 7.33. The molecule has 0 spiro atoms. The molecule has 0 bridgehead atoms. The molecule has 1 N–H and O–H groups in total. The third-order valence-corrected chi connectivity index (χ3v) is 1.81. The van der Waals surface area contributed by atoms with E-state index in [0.717, 1.165) is 0 Å². The van der Waals surface area contributed by atoms with E-state index in [-0.39, 0.29) is 0 Å². The summed E-state index contributed by atoms with van der Waals surface area (Å²) in [6, 6.07) is 3.43. The number of aromatic nitrogens is 1. The van der Waals surface area contributed by atoms with Crippen LogP contribution in [-0.2, 0) is 0 Å². The van der Waals surface area contributed by atoms with E-state index < -0.39 is 6.10 Å². The van der Waals surface area contributed by atoms with Crippen molar-refractivity contribution in [3.05, 3.63) is 41.7 Å². The fraction of sp³-hybridized carbons (Fsp3) is 0.222. The van der Waals surface area contributed by atoms with E-state index in [0.29, 0.717) is 17.1 Å². The van der Waals surface area contributed by atoms with Crippen LogP contribution >= 0.6 is 11.6 Å². The molecule has 3 heteroatoms.